The Hall–Kier alpha value is -0.570. The zero-order valence-electron chi connectivity index (χ0n) is 11.1. The van der Waals surface area contributed by atoms with Crippen molar-refractivity contribution < 1.29 is 14.3 Å². The van der Waals surface area contributed by atoms with Gasteiger partial charge in [-0.1, -0.05) is 39.0 Å². The highest BCUT2D eigenvalue weighted by Crippen LogP contribution is 2.15. The molecule has 0 aliphatic rings. The topological polar surface area (TPSA) is 43.4 Å². The van der Waals surface area contributed by atoms with E-state index in [1.165, 1.54) is 33.1 Å². The molecule has 0 aliphatic heterocycles. The Bertz CT molecular complexity index is 249. The summed E-state index contributed by atoms with van der Waals surface area (Å²) in [5.41, 5.74) is -1.21. The second-order valence-electron chi connectivity index (χ2n) is 4.78. The van der Waals surface area contributed by atoms with Crippen molar-refractivity contribution in [1.82, 2.24) is 0 Å². The van der Waals surface area contributed by atoms with Crippen LogP contribution >= 0.6 is 11.6 Å². The maximum absolute atomic E-state index is 11.4. The Morgan fingerprint density at radius 3 is 2.12 bits per heavy atom. The number of rotatable bonds is 9. The third-order valence-corrected chi connectivity index (χ3v) is 3.03. The second kappa shape index (κ2) is 8.51. The van der Waals surface area contributed by atoms with Crippen LogP contribution in [0.5, 0.6) is 0 Å². The first kappa shape index (κ1) is 16.4. The fourth-order valence-electron chi connectivity index (χ4n) is 1.43. The molecule has 3 nitrogen and oxygen atoms in total. The maximum atomic E-state index is 11.4. The van der Waals surface area contributed by atoms with Crippen LogP contribution in [0.2, 0.25) is 0 Å². The summed E-state index contributed by atoms with van der Waals surface area (Å²) in [4.78, 5) is 22.4. The molecule has 100 valence electrons. The lowest BCUT2D eigenvalue weighted by atomic mass is 10.1. The van der Waals surface area contributed by atoms with Gasteiger partial charge in [0.2, 0.25) is 0 Å². The molecule has 0 aromatic carbocycles. The molecule has 17 heavy (non-hydrogen) atoms. The molecular formula is C13H23ClO3. The first-order valence-electron chi connectivity index (χ1n) is 6.32. The van der Waals surface area contributed by atoms with Crippen molar-refractivity contribution in [3.05, 3.63) is 0 Å². The van der Waals surface area contributed by atoms with Gasteiger partial charge in [-0.15, -0.1) is 0 Å². The van der Waals surface area contributed by atoms with Gasteiger partial charge in [0.15, 0.2) is 5.60 Å². The van der Waals surface area contributed by atoms with E-state index in [-0.39, 0.29) is 5.97 Å². The first-order valence-corrected chi connectivity index (χ1v) is 6.69. The van der Waals surface area contributed by atoms with E-state index in [0.29, 0.717) is 6.42 Å². The minimum atomic E-state index is -1.21. The van der Waals surface area contributed by atoms with E-state index in [0.717, 1.165) is 19.3 Å². The lowest BCUT2D eigenvalue weighted by molar-refractivity contribution is -0.161. The molecule has 0 aliphatic carbocycles. The fourth-order valence-corrected chi connectivity index (χ4v) is 1.46. The van der Waals surface area contributed by atoms with E-state index < -0.39 is 10.8 Å². The molecule has 0 bridgehead atoms. The van der Waals surface area contributed by atoms with Crippen LogP contribution in [0.3, 0.4) is 0 Å². The zero-order chi connectivity index (χ0) is 13.3. The maximum Gasteiger partial charge on any atom is 0.306 e. The van der Waals surface area contributed by atoms with E-state index in [1.54, 1.807) is 0 Å². The van der Waals surface area contributed by atoms with Crippen molar-refractivity contribution >= 4 is 22.8 Å². The monoisotopic (exact) mass is 262 g/mol. The van der Waals surface area contributed by atoms with Gasteiger partial charge >= 0.3 is 5.97 Å². The Morgan fingerprint density at radius 2 is 1.59 bits per heavy atom. The van der Waals surface area contributed by atoms with Crippen LogP contribution in [0.15, 0.2) is 0 Å². The molecule has 0 N–H and O–H groups in total. The lowest BCUT2D eigenvalue weighted by Gasteiger charge is -2.20. The van der Waals surface area contributed by atoms with Gasteiger partial charge in [0, 0.05) is 6.42 Å². The minimum absolute atomic E-state index is 0.348. The van der Waals surface area contributed by atoms with Crippen molar-refractivity contribution in [3.63, 3.8) is 0 Å². The minimum Gasteiger partial charge on any atom is -0.450 e. The summed E-state index contributed by atoms with van der Waals surface area (Å²) < 4.78 is 5.01. The Balaban J connectivity index is 3.63. The number of hydrogen-bond donors (Lipinski definition) is 0. The highest BCUT2D eigenvalue weighted by molar-refractivity contribution is 6.65. The number of esters is 1. The van der Waals surface area contributed by atoms with Crippen molar-refractivity contribution in [2.75, 3.05) is 0 Å². The number of unbranched alkanes of at least 4 members (excludes halogenated alkanes) is 5. The Kier molecular flexibility index (Phi) is 8.23. The fraction of sp³-hybridized carbons (Fsp3) is 0.846. The quantitative estimate of drug-likeness (QED) is 0.360. The van der Waals surface area contributed by atoms with Crippen LogP contribution in [0.1, 0.15) is 65.7 Å². The number of halogens is 1. The van der Waals surface area contributed by atoms with Gasteiger partial charge in [-0.05, 0) is 31.9 Å². The van der Waals surface area contributed by atoms with Gasteiger partial charge in [0.05, 0.1) is 0 Å². The van der Waals surface area contributed by atoms with E-state index in [9.17, 15) is 9.59 Å². The average molecular weight is 263 g/mol. The number of hydrogen-bond acceptors (Lipinski definition) is 3. The molecule has 0 heterocycles. The summed E-state index contributed by atoms with van der Waals surface area (Å²) in [5.74, 6) is -0.348. The van der Waals surface area contributed by atoms with Gasteiger partial charge in [0.1, 0.15) is 0 Å². The van der Waals surface area contributed by atoms with Crippen LogP contribution in [0.25, 0.3) is 0 Å². The van der Waals surface area contributed by atoms with E-state index >= 15 is 0 Å². The molecule has 0 radical (unpaired) electrons. The summed E-state index contributed by atoms with van der Waals surface area (Å²) in [6.07, 6.45) is 7.04. The third kappa shape index (κ3) is 8.19. The molecule has 0 unspecified atom stereocenters. The molecule has 0 fully saturated rings. The molecule has 0 aromatic rings. The van der Waals surface area contributed by atoms with Gasteiger partial charge < -0.3 is 4.74 Å². The SMILES string of the molecule is CCCCCCCCC(=O)OC(C)(C)C(=O)Cl. The van der Waals surface area contributed by atoms with Crippen LogP contribution in [-0.2, 0) is 14.3 Å². The second-order valence-corrected chi connectivity index (χ2v) is 5.12. The lowest BCUT2D eigenvalue weighted by Crippen LogP contribution is -2.34. The predicted molar refractivity (Wildman–Crippen MR) is 69.0 cm³/mol. The molecule has 0 aromatic heterocycles. The first-order chi connectivity index (χ1) is 7.90. The normalized spacial score (nSPS) is 11.3. The number of carbonyl (C=O) groups excluding carboxylic acids is 2. The third-order valence-electron chi connectivity index (χ3n) is 2.58. The van der Waals surface area contributed by atoms with Crippen molar-refractivity contribution in [1.29, 1.82) is 0 Å². The molecule has 0 rings (SSSR count). The molecule has 0 spiro atoms. The van der Waals surface area contributed by atoms with Crippen LogP contribution in [0.4, 0.5) is 0 Å². The Morgan fingerprint density at radius 1 is 1.06 bits per heavy atom. The van der Waals surface area contributed by atoms with E-state index in [2.05, 4.69) is 6.92 Å². The van der Waals surface area contributed by atoms with Crippen molar-refractivity contribution in [2.24, 2.45) is 0 Å². The molecule has 0 amide bonds. The number of carbonyl (C=O) groups is 2. The summed E-state index contributed by atoms with van der Waals surface area (Å²) in [6.45, 7) is 5.17. The van der Waals surface area contributed by atoms with Gasteiger partial charge in [0.25, 0.3) is 5.24 Å². The summed E-state index contributed by atoms with van der Waals surface area (Å²) in [6, 6.07) is 0. The molecule has 0 saturated heterocycles. The summed E-state index contributed by atoms with van der Waals surface area (Å²) in [7, 11) is 0. The molecule has 4 heteroatoms. The van der Waals surface area contributed by atoms with E-state index in [4.69, 9.17) is 16.3 Å². The molecule has 0 atom stereocenters. The van der Waals surface area contributed by atoms with Crippen molar-refractivity contribution in [3.8, 4) is 0 Å². The van der Waals surface area contributed by atoms with E-state index in [1.807, 2.05) is 0 Å². The van der Waals surface area contributed by atoms with Crippen LogP contribution < -0.4 is 0 Å². The predicted octanol–water partition coefficient (Wildman–Crippen LogP) is 3.82. The standard InChI is InChI=1S/C13H23ClO3/c1-4-5-6-7-8-9-10-11(15)17-13(2,3)12(14)16/h4-10H2,1-3H3. The number of ether oxygens (including phenoxy) is 1. The Labute approximate surface area is 109 Å². The molecular weight excluding hydrogens is 240 g/mol. The van der Waals surface area contributed by atoms with Crippen LogP contribution in [0, 0.1) is 0 Å². The van der Waals surface area contributed by atoms with Crippen LogP contribution in [-0.4, -0.2) is 16.8 Å². The van der Waals surface area contributed by atoms with Gasteiger partial charge in [-0.25, -0.2) is 0 Å². The summed E-state index contributed by atoms with van der Waals surface area (Å²) in [5, 5.41) is -0.645. The highest BCUT2D eigenvalue weighted by Gasteiger charge is 2.29. The largest absolute Gasteiger partial charge is 0.450 e. The van der Waals surface area contributed by atoms with Gasteiger partial charge in [-0.2, -0.15) is 0 Å². The summed E-state index contributed by atoms with van der Waals surface area (Å²) >= 11 is 5.32. The van der Waals surface area contributed by atoms with Gasteiger partial charge in [-0.3, -0.25) is 9.59 Å². The highest BCUT2D eigenvalue weighted by atomic mass is 35.5. The molecule has 0 saturated carbocycles. The van der Waals surface area contributed by atoms with Crippen molar-refractivity contribution in [2.45, 2.75) is 71.3 Å². The zero-order valence-corrected chi connectivity index (χ0v) is 11.8. The average Bonchev–Trinajstić information content (AvgIpc) is 2.22. The smallest absolute Gasteiger partial charge is 0.306 e.